The fraction of sp³-hybridized carbons (Fsp3) is 0.0370. The average Bonchev–Trinajstić information content (AvgIpc) is 3.53. The van der Waals surface area contributed by atoms with Gasteiger partial charge in [0.25, 0.3) is 0 Å². The zero-order valence-corrected chi connectivity index (χ0v) is 32.9. The number of aromatic nitrogens is 2. The lowest BCUT2D eigenvalue weighted by molar-refractivity contribution is 1.21. The van der Waals surface area contributed by atoms with Gasteiger partial charge in [-0.25, -0.2) is 9.97 Å². The molecular formula is C54H38N2Si. The predicted octanol–water partition coefficient (Wildman–Crippen LogP) is 13.1. The van der Waals surface area contributed by atoms with Crippen LogP contribution in [0.2, 0.25) is 13.1 Å². The molecule has 3 heteroatoms. The molecule has 1 aliphatic rings. The van der Waals surface area contributed by atoms with E-state index in [0.717, 1.165) is 33.7 Å². The van der Waals surface area contributed by atoms with E-state index in [-0.39, 0.29) is 0 Å². The van der Waals surface area contributed by atoms with Gasteiger partial charge in [-0.3, -0.25) is 0 Å². The Labute approximate surface area is 333 Å². The first-order valence-electron chi connectivity index (χ1n) is 19.7. The lowest BCUT2D eigenvalue weighted by atomic mass is 9.94. The largest absolute Gasteiger partial charge is 0.228 e. The van der Waals surface area contributed by atoms with Gasteiger partial charge < -0.3 is 0 Å². The molecule has 0 bridgehead atoms. The summed E-state index contributed by atoms with van der Waals surface area (Å²) in [5.74, 6) is 0.766. The van der Waals surface area contributed by atoms with Crippen LogP contribution in [0.3, 0.4) is 0 Å². The molecule has 0 atom stereocenters. The highest BCUT2D eigenvalue weighted by molar-refractivity contribution is 7.06. The Morgan fingerprint density at radius 3 is 1.51 bits per heavy atom. The van der Waals surface area contributed by atoms with Crippen LogP contribution >= 0.6 is 0 Å². The van der Waals surface area contributed by atoms with E-state index < -0.39 is 8.07 Å². The minimum absolute atomic E-state index is 0.766. The van der Waals surface area contributed by atoms with E-state index in [1.54, 1.807) is 0 Å². The molecule has 0 N–H and O–H groups in total. The van der Waals surface area contributed by atoms with Crippen molar-refractivity contribution in [3.05, 3.63) is 194 Å². The molecule has 1 aromatic heterocycles. The zero-order chi connectivity index (χ0) is 38.1. The van der Waals surface area contributed by atoms with Gasteiger partial charge in [0.15, 0.2) is 5.82 Å². The molecule has 2 heterocycles. The molecule has 0 aliphatic carbocycles. The highest BCUT2D eigenvalue weighted by Gasteiger charge is 2.44. The van der Waals surface area contributed by atoms with Gasteiger partial charge in [0.2, 0.25) is 0 Å². The average molecular weight is 743 g/mol. The molecule has 10 aromatic rings. The summed E-state index contributed by atoms with van der Waals surface area (Å²) in [6.07, 6.45) is 0. The van der Waals surface area contributed by atoms with Crippen LogP contribution in [0.15, 0.2) is 194 Å². The van der Waals surface area contributed by atoms with Crippen molar-refractivity contribution in [3.8, 4) is 67.3 Å². The lowest BCUT2D eigenvalue weighted by Crippen LogP contribution is -2.50. The van der Waals surface area contributed by atoms with E-state index in [2.05, 4.69) is 207 Å². The van der Waals surface area contributed by atoms with Gasteiger partial charge in [-0.2, -0.15) is 0 Å². The van der Waals surface area contributed by atoms with Crippen LogP contribution in [0.4, 0.5) is 0 Å². The monoisotopic (exact) mass is 742 g/mol. The Morgan fingerprint density at radius 2 is 0.789 bits per heavy atom. The first-order valence-corrected chi connectivity index (χ1v) is 22.7. The third-order valence-electron chi connectivity index (χ3n) is 12.0. The summed E-state index contributed by atoms with van der Waals surface area (Å²) in [5, 5.41) is 10.3. The van der Waals surface area contributed by atoms with E-state index in [1.165, 1.54) is 76.2 Å². The van der Waals surface area contributed by atoms with Gasteiger partial charge in [-0.1, -0.05) is 195 Å². The first kappa shape index (κ1) is 33.4. The minimum atomic E-state index is -2.37. The SMILES string of the molecule is C[Si]1(C)c2c(-c3cccc(-c4cccc(-c5ccc(-c6ccccc6)cc5)c4)c3)nc(-c3cccc4ccccc34)nc2-c2c1c1ccccc1c1ccccc21. The minimum Gasteiger partial charge on any atom is -0.228 e. The second kappa shape index (κ2) is 13.1. The highest BCUT2D eigenvalue weighted by Crippen LogP contribution is 2.42. The molecule has 11 rings (SSSR count). The summed E-state index contributed by atoms with van der Waals surface area (Å²) in [5.41, 5.74) is 12.8. The fourth-order valence-electron chi connectivity index (χ4n) is 9.35. The molecule has 2 nitrogen and oxygen atoms in total. The van der Waals surface area contributed by atoms with Crippen LogP contribution in [0.1, 0.15) is 0 Å². The number of benzene rings is 9. The Morgan fingerprint density at radius 1 is 0.333 bits per heavy atom. The van der Waals surface area contributed by atoms with Crippen molar-refractivity contribution in [2.45, 2.75) is 13.1 Å². The van der Waals surface area contributed by atoms with E-state index in [9.17, 15) is 0 Å². The molecule has 268 valence electrons. The van der Waals surface area contributed by atoms with Gasteiger partial charge in [0, 0.05) is 16.7 Å². The van der Waals surface area contributed by atoms with Crippen LogP contribution in [-0.4, -0.2) is 18.0 Å². The summed E-state index contributed by atoms with van der Waals surface area (Å²) in [6.45, 7) is 5.00. The summed E-state index contributed by atoms with van der Waals surface area (Å²) in [7, 11) is -2.37. The Bertz CT molecular complexity index is 3200. The number of rotatable bonds is 5. The number of hydrogen-bond donors (Lipinski definition) is 0. The summed E-state index contributed by atoms with van der Waals surface area (Å²) in [6, 6.07) is 70.3. The molecule has 57 heavy (non-hydrogen) atoms. The summed E-state index contributed by atoms with van der Waals surface area (Å²) >= 11 is 0. The molecule has 1 aliphatic heterocycles. The van der Waals surface area contributed by atoms with Crippen LogP contribution < -0.4 is 10.4 Å². The molecule has 0 spiro atoms. The topological polar surface area (TPSA) is 25.8 Å². The molecule has 0 fully saturated rings. The van der Waals surface area contributed by atoms with E-state index in [0.29, 0.717) is 0 Å². The zero-order valence-electron chi connectivity index (χ0n) is 31.9. The quantitative estimate of drug-likeness (QED) is 0.130. The van der Waals surface area contributed by atoms with Gasteiger partial charge in [-0.15, -0.1) is 0 Å². The van der Waals surface area contributed by atoms with E-state index in [1.807, 2.05) is 0 Å². The molecule has 0 radical (unpaired) electrons. The number of fused-ring (bicyclic) bond motifs is 9. The normalized spacial score (nSPS) is 12.9. The predicted molar refractivity (Wildman–Crippen MR) is 244 cm³/mol. The molecule has 0 saturated carbocycles. The molecule has 0 saturated heterocycles. The molecular weight excluding hydrogens is 705 g/mol. The molecule has 9 aromatic carbocycles. The second-order valence-corrected chi connectivity index (χ2v) is 20.0. The Kier molecular flexibility index (Phi) is 7.67. The van der Waals surface area contributed by atoms with Crippen molar-refractivity contribution < 1.29 is 0 Å². The van der Waals surface area contributed by atoms with Crippen LogP contribution in [0.5, 0.6) is 0 Å². The maximum Gasteiger partial charge on any atom is 0.161 e. The van der Waals surface area contributed by atoms with Crippen molar-refractivity contribution in [3.63, 3.8) is 0 Å². The fourth-order valence-corrected chi connectivity index (χ4v) is 12.9. The number of nitrogens with zero attached hydrogens (tertiary/aromatic N) is 2. The van der Waals surface area contributed by atoms with Crippen molar-refractivity contribution in [1.29, 1.82) is 0 Å². The third kappa shape index (κ3) is 5.38. The van der Waals surface area contributed by atoms with Crippen molar-refractivity contribution in [1.82, 2.24) is 9.97 Å². The maximum atomic E-state index is 5.63. The van der Waals surface area contributed by atoms with Gasteiger partial charge in [-0.05, 0) is 88.2 Å². The van der Waals surface area contributed by atoms with Crippen LogP contribution in [0, 0.1) is 0 Å². The van der Waals surface area contributed by atoms with Gasteiger partial charge >= 0.3 is 0 Å². The van der Waals surface area contributed by atoms with E-state index in [4.69, 9.17) is 9.97 Å². The second-order valence-electron chi connectivity index (χ2n) is 15.7. The van der Waals surface area contributed by atoms with Gasteiger partial charge in [0.05, 0.1) is 11.4 Å². The third-order valence-corrected chi connectivity index (χ3v) is 15.5. The van der Waals surface area contributed by atoms with Crippen LogP contribution in [0.25, 0.3) is 99.6 Å². The lowest BCUT2D eigenvalue weighted by Gasteiger charge is -2.23. The first-order chi connectivity index (χ1) is 28.0. The summed E-state index contributed by atoms with van der Waals surface area (Å²) < 4.78 is 0. The number of hydrogen-bond acceptors (Lipinski definition) is 2. The van der Waals surface area contributed by atoms with Crippen molar-refractivity contribution >= 4 is 50.8 Å². The van der Waals surface area contributed by atoms with Crippen molar-refractivity contribution in [2.75, 3.05) is 0 Å². The smallest absolute Gasteiger partial charge is 0.161 e. The summed E-state index contributed by atoms with van der Waals surface area (Å²) in [4.78, 5) is 11.3. The van der Waals surface area contributed by atoms with E-state index >= 15 is 0 Å². The Balaban J connectivity index is 1.11. The molecule has 0 unspecified atom stereocenters. The Hall–Kier alpha value is -6.94. The van der Waals surface area contributed by atoms with Gasteiger partial charge in [0.1, 0.15) is 8.07 Å². The van der Waals surface area contributed by atoms with Crippen LogP contribution in [-0.2, 0) is 0 Å². The standard InChI is InChI=1S/C54H38N2Si/c1-57(2)52-47-27-11-9-25-45(47)44-24-8-10-26-46(44)49(52)51-53(57)50(55-54(56-51)48-28-14-18-38-17-6-7-23-43(38)48)42-22-13-21-41(34-42)40-20-12-19-39(33-40)37-31-29-36(30-32-37)35-15-4-3-5-16-35/h3-34H,1-2H3. The highest BCUT2D eigenvalue weighted by atomic mass is 28.3. The maximum absolute atomic E-state index is 5.63. The molecule has 0 amide bonds. The van der Waals surface area contributed by atoms with Crippen molar-refractivity contribution in [2.24, 2.45) is 0 Å².